The molecule has 2 heterocycles. The van der Waals surface area contributed by atoms with Gasteiger partial charge in [-0.25, -0.2) is 26.9 Å². The Morgan fingerprint density at radius 3 is 2.38 bits per heavy atom. The maximum atomic E-state index is 15.2. The highest BCUT2D eigenvalue weighted by Gasteiger charge is 2.25. The molecule has 5 aromatic rings. The number of benzene rings is 3. The number of carbonyl (C=O) groups is 2. The molecule has 16 heteroatoms. The molecule has 5 rings (SSSR count). The largest absolute Gasteiger partial charge is 0.497 e. The number of nitrogens with one attached hydrogen (secondary N) is 3. The number of aromatic nitrogens is 3. The summed E-state index contributed by atoms with van der Waals surface area (Å²) in [5, 5.41) is 4.90. The lowest BCUT2D eigenvalue weighted by molar-refractivity contribution is 0.0841. The van der Waals surface area contributed by atoms with E-state index < -0.39 is 44.7 Å². The molecule has 0 aliphatic heterocycles. The summed E-state index contributed by atoms with van der Waals surface area (Å²) < 4.78 is 69.2. The van der Waals surface area contributed by atoms with Gasteiger partial charge in [0, 0.05) is 11.2 Å². The van der Waals surface area contributed by atoms with Crippen LogP contribution in [0.1, 0.15) is 26.3 Å². The molecule has 3 N–H and O–H groups in total. The Bertz CT molecular complexity index is 2040. The van der Waals surface area contributed by atoms with Crippen LogP contribution >= 0.6 is 11.6 Å². The van der Waals surface area contributed by atoms with E-state index >= 15 is 4.39 Å². The van der Waals surface area contributed by atoms with Crippen LogP contribution < -0.4 is 25.0 Å². The van der Waals surface area contributed by atoms with Gasteiger partial charge in [0.2, 0.25) is 5.88 Å². The van der Waals surface area contributed by atoms with E-state index in [-0.39, 0.29) is 21.4 Å². The van der Waals surface area contributed by atoms with Gasteiger partial charge in [0.1, 0.15) is 17.1 Å². The van der Waals surface area contributed by atoms with Crippen molar-refractivity contribution in [1.82, 2.24) is 25.6 Å². The van der Waals surface area contributed by atoms with Gasteiger partial charge < -0.3 is 9.47 Å². The summed E-state index contributed by atoms with van der Waals surface area (Å²) in [7, 11) is -1.38. The highest BCUT2D eigenvalue weighted by molar-refractivity contribution is 7.92. The standard InChI is InChI=1S/C29H23ClF2N6O6S/c1-43-19-8-6-16(7-9-19)15-38-26-21(29(36-38)44-2)12-17(14-33-26)27(39)34-35-28(40)24-22(31)10-11-23(25(24)32)37-45(41,42)20-5-3-4-18(30)13-20/h3-14,37H,15H2,1-2H3,(H,34,39)(H,35,40). The fraction of sp³-hybridized carbons (Fsp3) is 0.103. The molecule has 0 aliphatic rings. The Morgan fingerprint density at radius 1 is 0.956 bits per heavy atom. The first-order chi connectivity index (χ1) is 21.5. The maximum absolute atomic E-state index is 15.2. The Balaban J connectivity index is 1.32. The molecule has 0 saturated heterocycles. The molecular weight excluding hydrogens is 634 g/mol. The average molecular weight is 657 g/mol. The minimum absolute atomic E-state index is 0.0333. The van der Waals surface area contributed by atoms with Crippen molar-refractivity contribution in [3.05, 3.63) is 106 Å². The number of rotatable bonds is 9. The zero-order valence-corrected chi connectivity index (χ0v) is 25.0. The molecule has 12 nitrogen and oxygen atoms in total. The van der Waals surface area contributed by atoms with Crippen LogP contribution in [0.2, 0.25) is 5.02 Å². The third-order valence-corrected chi connectivity index (χ3v) is 8.06. The number of hydrazine groups is 1. The quantitative estimate of drug-likeness (QED) is 0.199. The van der Waals surface area contributed by atoms with Gasteiger partial charge in [-0.3, -0.25) is 25.2 Å². The molecule has 0 spiro atoms. The summed E-state index contributed by atoms with van der Waals surface area (Å²) in [5.41, 5.74) is 3.42. The lowest BCUT2D eigenvalue weighted by Gasteiger charge is -2.13. The number of sulfonamides is 1. The predicted molar refractivity (Wildman–Crippen MR) is 160 cm³/mol. The van der Waals surface area contributed by atoms with Crippen molar-refractivity contribution in [2.24, 2.45) is 0 Å². The van der Waals surface area contributed by atoms with Crippen molar-refractivity contribution in [3.63, 3.8) is 0 Å². The minimum atomic E-state index is -4.35. The second-order valence-electron chi connectivity index (χ2n) is 9.37. The smallest absolute Gasteiger partial charge is 0.275 e. The lowest BCUT2D eigenvalue weighted by atomic mass is 10.1. The molecule has 2 amide bonds. The first-order valence-electron chi connectivity index (χ1n) is 12.9. The first kappa shape index (κ1) is 31.2. The highest BCUT2D eigenvalue weighted by Crippen LogP contribution is 2.27. The second kappa shape index (κ2) is 12.8. The van der Waals surface area contributed by atoms with Crippen LogP contribution in [-0.4, -0.2) is 49.2 Å². The summed E-state index contributed by atoms with van der Waals surface area (Å²) in [4.78, 5) is 29.6. The van der Waals surface area contributed by atoms with E-state index in [9.17, 15) is 22.4 Å². The van der Waals surface area contributed by atoms with Gasteiger partial charge in [-0.1, -0.05) is 29.8 Å². The monoisotopic (exact) mass is 656 g/mol. The Hall–Kier alpha value is -5.28. The molecule has 0 bridgehead atoms. The predicted octanol–water partition coefficient (Wildman–Crippen LogP) is 4.30. The molecule has 0 atom stereocenters. The molecule has 0 fully saturated rings. The number of fused-ring (bicyclic) bond motifs is 1. The van der Waals surface area contributed by atoms with Gasteiger partial charge in [0.05, 0.1) is 42.3 Å². The van der Waals surface area contributed by atoms with Crippen LogP contribution in [0, 0.1) is 11.6 Å². The molecule has 45 heavy (non-hydrogen) atoms. The van der Waals surface area contributed by atoms with Gasteiger partial charge in [-0.05, 0) is 54.1 Å². The van der Waals surface area contributed by atoms with Crippen LogP contribution in [0.3, 0.4) is 0 Å². The van der Waals surface area contributed by atoms with E-state index in [2.05, 4.69) is 15.5 Å². The fourth-order valence-corrected chi connectivity index (χ4v) is 5.61. The third-order valence-electron chi connectivity index (χ3n) is 6.46. The number of hydrogen-bond donors (Lipinski definition) is 3. The van der Waals surface area contributed by atoms with E-state index in [0.717, 1.165) is 17.7 Å². The summed E-state index contributed by atoms with van der Waals surface area (Å²) in [6.45, 7) is 0.337. The lowest BCUT2D eigenvalue weighted by Crippen LogP contribution is -2.42. The number of nitrogens with zero attached hydrogens (tertiary/aromatic N) is 3. The summed E-state index contributed by atoms with van der Waals surface area (Å²) in [5.74, 6) is -4.20. The van der Waals surface area contributed by atoms with Crippen molar-refractivity contribution < 1.29 is 36.3 Å². The number of amides is 2. The van der Waals surface area contributed by atoms with Crippen molar-refractivity contribution >= 4 is 50.2 Å². The number of halogens is 3. The van der Waals surface area contributed by atoms with Gasteiger partial charge >= 0.3 is 0 Å². The van der Waals surface area contributed by atoms with Crippen LogP contribution in [0.15, 0.2) is 77.8 Å². The van der Waals surface area contributed by atoms with Gasteiger partial charge in [-0.15, -0.1) is 5.10 Å². The van der Waals surface area contributed by atoms with E-state index in [4.69, 9.17) is 21.1 Å². The maximum Gasteiger partial charge on any atom is 0.275 e. The Labute approximate surface area is 260 Å². The average Bonchev–Trinajstić information content (AvgIpc) is 3.38. The molecule has 0 radical (unpaired) electrons. The zero-order valence-electron chi connectivity index (χ0n) is 23.5. The molecule has 232 valence electrons. The summed E-state index contributed by atoms with van der Waals surface area (Å²) in [6, 6.07) is 15.4. The Morgan fingerprint density at radius 2 is 1.69 bits per heavy atom. The first-order valence-corrected chi connectivity index (χ1v) is 14.8. The number of hydrogen-bond acceptors (Lipinski definition) is 8. The number of anilines is 1. The zero-order chi connectivity index (χ0) is 32.3. The molecule has 0 unspecified atom stereocenters. The van der Waals surface area contributed by atoms with Crippen molar-refractivity contribution in [1.29, 1.82) is 0 Å². The second-order valence-corrected chi connectivity index (χ2v) is 11.5. The van der Waals surface area contributed by atoms with Crippen LogP contribution in [0.5, 0.6) is 11.6 Å². The van der Waals surface area contributed by atoms with Crippen LogP contribution in [0.25, 0.3) is 11.0 Å². The topological polar surface area (TPSA) is 154 Å². The molecule has 3 aromatic carbocycles. The number of pyridine rings is 1. The minimum Gasteiger partial charge on any atom is -0.497 e. The van der Waals surface area contributed by atoms with E-state index in [1.165, 1.54) is 37.6 Å². The van der Waals surface area contributed by atoms with Crippen molar-refractivity contribution in [2.45, 2.75) is 11.4 Å². The van der Waals surface area contributed by atoms with Gasteiger partial charge in [-0.2, -0.15) is 0 Å². The molecule has 0 saturated carbocycles. The number of methoxy groups -OCH3 is 2. The van der Waals surface area contributed by atoms with E-state index in [1.807, 2.05) is 22.3 Å². The number of ether oxygens (including phenoxy) is 2. The van der Waals surface area contributed by atoms with E-state index in [0.29, 0.717) is 29.4 Å². The van der Waals surface area contributed by atoms with Crippen LogP contribution in [0.4, 0.5) is 14.5 Å². The highest BCUT2D eigenvalue weighted by atomic mass is 35.5. The molecule has 0 aliphatic carbocycles. The molecule has 2 aromatic heterocycles. The molecular formula is C29H23ClF2N6O6S. The normalized spacial score (nSPS) is 11.2. The summed E-state index contributed by atoms with van der Waals surface area (Å²) >= 11 is 5.84. The Kier molecular flexibility index (Phi) is 8.83. The van der Waals surface area contributed by atoms with Crippen LogP contribution in [-0.2, 0) is 16.6 Å². The van der Waals surface area contributed by atoms with Gasteiger partial charge in [0.15, 0.2) is 11.5 Å². The fourth-order valence-electron chi connectivity index (χ4n) is 4.25. The van der Waals surface area contributed by atoms with Gasteiger partial charge in [0.25, 0.3) is 21.8 Å². The third kappa shape index (κ3) is 6.63. The number of carbonyl (C=O) groups excluding carboxylic acids is 2. The SMILES string of the molecule is COc1ccc(Cn2nc(OC)c3cc(C(=O)NNC(=O)c4c(F)ccc(NS(=O)(=O)c5cccc(Cl)c5)c4F)cnc32)cc1. The summed E-state index contributed by atoms with van der Waals surface area (Å²) in [6.07, 6.45) is 1.22. The van der Waals surface area contributed by atoms with Crippen molar-refractivity contribution in [3.8, 4) is 11.6 Å². The van der Waals surface area contributed by atoms with Crippen molar-refractivity contribution in [2.75, 3.05) is 18.9 Å². The van der Waals surface area contributed by atoms with E-state index in [1.54, 1.807) is 23.9 Å².